The van der Waals surface area contributed by atoms with Crippen molar-refractivity contribution in [1.29, 1.82) is 0 Å². The second kappa shape index (κ2) is 7.38. The standard InChI is InChI=1S/C22H19FN2O3/c23-15-7-4-8-16(11-15)24-22(28)17-12-20(27)25-18-9-14(10-19(26)21(17)18)13-5-2-1-3-6-13/h1-8,11,14,17H,9-10,12H2,(H,24,28)(H,25,27)/t14-,17-/m0/s1. The molecule has 2 amide bonds. The third kappa shape index (κ3) is 3.58. The van der Waals surface area contributed by atoms with Crippen LogP contribution in [0.2, 0.25) is 0 Å². The van der Waals surface area contributed by atoms with Crippen LogP contribution in [-0.2, 0) is 14.4 Å². The van der Waals surface area contributed by atoms with E-state index in [1.807, 2.05) is 30.3 Å². The second-order valence-electron chi connectivity index (χ2n) is 7.14. The van der Waals surface area contributed by atoms with Crippen LogP contribution >= 0.6 is 0 Å². The molecule has 0 fully saturated rings. The number of benzene rings is 2. The Morgan fingerprint density at radius 2 is 1.79 bits per heavy atom. The molecule has 2 N–H and O–H groups in total. The van der Waals surface area contributed by atoms with E-state index in [0.717, 1.165) is 5.56 Å². The number of hydrogen-bond acceptors (Lipinski definition) is 3. The Balaban J connectivity index is 1.61. The number of anilines is 1. The molecule has 2 aliphatic rings. The maximum absolute atomic E-state index is 13.4. The SMILES string of the molecule is O=C1C[C@H](C(=O)Nc2cccc(F)c2)C2=C(C[C@H](c3ccccc3)CC2=O)N1. The molecule has 0 bridgehead atoms. The van der Waals surface area contributed by atoms with Gasteiger partial charge >= 0.3 is 0 Å². The lowest BCUT2D eigenvalue weighted by Gasteiger charge is -2.33. The first-order valence-electron chi connectivity index (χ1n) is 9.18. The summed E-state index contributed by atoms with van der Waals surface area (Å²) >= 11 is 0. The smallest absolute Gasteiger partial charge is 0.232 e. The zero-order chi connectivity index (χ0) is 19.7. The topological polar surface area (TPSA) is 75.3 Å². The number of allylic oxidation sites excluding steroid dienone is 1. The minimum Gasteiger partial charge on any atom is -0.329 e. The van der Waals surface area contributed by atoms with Gasteiger partial charge in [0.1, 0.15) is 5.82 Å². The molecule has 0 saturated heterocycles. The quantitative estimate of drug-likeness (QED) is 0.861. The fourth-order valence-electron chi connectivity index (χ4n) is 3.94. The summed E-state index contributed by atoms with van der Waals surface area (Å²) in [6.45, 7) is 0. The van der Waals surface area contributed by atoms with Gasteiger partial charge in [-0.2, -0.15) is 0 Å². The Morgan fingerprint density at radius 1 is 1.00 bits per heavy atom. The molecule has 2 aromatic carbocycles. The highest BCUT2D eigenvalue weighted by atomic mass is 19.1. The average Bonchev–Trinajstić information content (AvgIpc) is 2.67. The fourth-order valence-corrected chi connectivity index (χ4v) is 3.94. The highest BCUT2D eigenvalue weighted by molar-refractivity contribution is 6.09. The number of rotatable bonds is 3. The van der Waals surface area contributed by atoms with E-state index in [2.05, 4.69) is 10.6 Å². The van der Waals surface area contributed by atoms with Gasteiger partial charge in [0.2, 0.25) is 11.8 Å². The first kappa shape index (κ1) is 18.1. The molecule has 0 unspecified atom stereocenters. The lowest BCUT2D eigenvalue weighted by atomic mass is 9.75. The number of carbonyl (C=O) groups is 3. The molecule has 1 aliphatic carbocycles. The van der Waals surface area contributed by atoms with E-state index in [9.17, 15) is 18.8 Å². The number of Topliss-reactive ketones (excluding diaryl/α,β-unsaturated/α-hetero) is 1. The van der Waals surface area contributed by atoms with Gasteiger partial charge in [0.25, 0.3) is 0 Å². The molecule has 0 radical (unpaired) electrons. The van der Waals surface area contributed by atoms with Crippen molar-refractivity contribution in [1.82, 2.24) is 5.32 Å². The van der Waals surface area contributed by atoms with E-state index in [-0.39, 0.29) is 24.0 Å². The lowest BCUT2D eigenvalue weighted by molar-refractivity contribution is -0.129. The lowest BCUT2D eigenvalue weighted by Crippen LogP contribution is -2.43. The van der Waals surface area contributed by atoms with Crippen molar-refractivity contribution in [3.63, 3.8) is 0 Å². The fraction of sp³-hybridized carbons (Fsp3) is 0.227. The van der Waals surface area contributed by atoms with Gasteiger partial charge in [-0.3, -0.25) is 14.4 Å². The normalized spacial score (nSPS) is 21.8. The molecule has 2 aromatic rings. The van der Waals surface area contributed by atoms with Crippen LogP contribution in [0.5, 0.6) is 0 Å². The average molecular weight is 378 g/mol. The minimum absolute atomic E-state index is 0.0298. The van der Waals surface area contributed by atoms with E-state index in [0.29, 0.717) is 29.8 Å². The number of amides is 2. The number of ketones is 1. The zero-order valence-electron chi connectivity index (χ0n) is 15.1. The van der Waals surface area contributed by atoms with Gasteiger partial charge in [0.05, 0.1) is 5.92 Å². The van der Waals surface area contributed by atoms with Gasteiger partial charge in [0, 0.05) is 29.8 Å². The van der Waals surface area contributed by atoms with Crippen LogP contribution < -0.4 is 10.6 Å². The largest absolute Gasteiger partial charge is 0.329 e. The van der Waals surface area contributed by atoms with Crippen molar-refractivity contribution >= 4 is 23.3 Å². The number of hydrogen-bond donors (Lipinski definition) is 2. The van der Waals surface area contributed by atoms with Crippen molar-refractivity contribution in [2.24, 2.45) is 5.92 Å². The first-order valence-corrected chi connectivity index (χ1v) is 9.18. The summed E-state index contributed by atoms with van der Waals surface area (Å²) in [5.74, 6) is -2.26. The van der Waals surface area contributed by atoms with Gasteiger partial charge < -0.3 is 10.6 Å². The molecule has 142 valence electrons. The maximum Gasteiger partial charge on any atom is 0.232 e. The van der Waals surface area contributed by atoms with Crippen molar-refractivity contribution in [2.75, 3.05) is 5.32 Å². The zero-order valence-corrected chi connectivity index (χ0v) is 15.1. The van der Waals surface area contributed by atoms with E-state index >= 15 is 0 Å². The number of carbonyl (C=O) groups excluding carboxylic acids is 3. The molecular formula is C22H19FN2O3. The summed E-state index contributed by atoms with van der Waals surface area (Å²) in [4.78, 5) is 37.9. The molecule has 28 heavy (non-hydrogen) atoms. The molecule has 0 aromatic heterocycles. The summed E-state index contributed by atoms with van der Waals surface area (Å²) < 4.78 is 13.4. The minimum atomic E-state index is -0.865. The molecule has 5 nitrogen and oxygen atoms in total. The molecule has 2 atom stereocenters. The predicted octanol–water partition coefficient (Wildman–Crippen LogP) is 3.30. The van der Waals surface area contributed by atoms with E-state index < -0.39 is 17.6 Å². The monoisotopic (exact) mass is 378 g/mol. The summed E-state index contributed by atoms with van der Waals surface area (Å²) in [6, 6.07) is 15.2. The van der Waals surface area contributed by atoms with Crippen molar-refractivity contribution < 1.29 is 18.8 Å². The van der Waals surface area contributed by atoms with Crippen molar-refractivity contribution in [3.8, 4) is 0 Å². The second-order valence-corrected chi connectivity index (χ2v) is 7.14. The third-order valence-electron chi connectivity index (χ3n) is 5.22. The van der Waals surface area contributed by atoms with Crippen molar-refractivity contribution in [3.05, 3.63) is 77.2 Å². The summed E-state index contributed by atoms with van der Waals surface area (Å²) in [5.41, 5.74) is 2.23. The van der Waals surface area contributed by atoms with Crippen LogP contribution in [0.1, 0.15) is 30.7 Å². The van der Waals surface area contributed by atoms with Gasteiger partial charge in [-0.05, 0) is 36.1 Å². The van der Waals surface area contributed by atoms with Gasteiger partial charge in [-0.15, -0.1) is 0 Å². The molecular weight excluding hydrogens is 359 g/mol. The Bertz CT molecular complexity index is 984. The number of nitrogens with one attached hydrogen (secondary N) is 2. The van der Waals surface area contributed by atoms with Crippen LogP contribution in [0.25, 0.3) is 0 Å². The van der Waals surface area contributed by atoms with Crippen LogP contribution in [0.15, 0.2) is 65.9 Å². The maximum atomic E-state index is 13.4. The predicted molar refractivity (Wildman–Crippen MR) is 102 cm³/mol. The molecule has 1 heterocycles. The van der Waals surface area contributed by atoms with Crippen LogP contribution in [0.4, 0.5) is 10.1 Å². The molecule has 0 saturated carbocycles. The Labute approximate surface area is 161 Å². The van der Waals surface area contributed by atoms with E-state index in [1.165, 1.54) is 18.2 Å². The Kier molecular flexibility index (Phi) is 4.77. The summed E-state index contributed by atoms with van der Waals surface area (Å²) in [5, 5.41) is 5.41. The highest BCUT2D eigenvalue weighted by Gasteiger charge is 2.40. The van der Waals surface area contributed by atoms with E-state index in [4.69, 9.17) is 0 Å². The van der Waals surface area contributed by atoms with Crippen LogP contribution in [-0.4, -0.2) is 17.6 Å². The van der Waals surface area contributed by atoms with Crippen LogP contribution in [0.3, 0.4) is 0 Å². The third-order valence-corrected chi connectivity index (χ3v) is 5.22. The summed E-state index contributed by atoms with van der Waals surface area (Å²) in [7, 11) is 0. The Hall–Kier alpha value is -3.28. The molecule has 0 spiro atoms. The van der Waals surface area contributed by atoms with Gasteiger partial charge in [-0.25, -0.2) is 4.39 Å². The highest BCUT2D eigenvalue weighted by Crippen LogP contribution is 2.39. The van der Waals surface area contributed by atoms with Gasteiger partial charge in [0.15, 0.2) is 5.78 Å². The van der Waals surface area contributed by atoms with Crippen LogP contribution in [0, 0.1) is 11.7 Å². The molecule has 6 heteroatoms. The van der Waals surface area contributed by atoms with E-state index in [1.54, 1.807) is 6.07 Å². The Morgan fingerprint density at radius 3 is 2.54 bits per heavy atom. The molecule has 1 aliphatic heterocycles. The van der Waals surface area contributed by atoms with Crippen molar-refractivity contribution in [2.45, 2.75) is 25.2 Å². The van der Waals surface area contributed by atoms with Gasteiger partial charge in [-0.1, -0.05) is 36.4 Å². The summed E-state index contributed by atoms with van der Waals surface area (Å²) in [6.07, 6.45) is 0.699. The number of halogens is 1. The first-order chi connectivity index (χ1) is 13.5. The molecule has 4 rings (SSSR count).